The number of nitrogens with zero attached hydrogens (tertiary/aromatic N) is 4. The number of aromatic hydroxyl groups is 1. The summed E-state index contributed by atoms with van der Waals surface area (Å²) < 4.78 is 0. The van der Waals surface area contributed by atoms with Crippen LogP contribution in [0.15, 0.2) is 69.6 Å². The first kappa shape index (κ1) is 97.2. The Labute approximate surface area is 666 Å². The van der Waals surface area contributed by atoms with Gasteiger partial charge in [0.15, 0.2) is 17.9 Å². The van der Waals surface area contributed by atoms with Gasteiger partial charge in [0.2, 0.25) is 70.9 Å². The molecular formula is C75H126N24O15. The van der Waals surface area contributed by atoms with E-state index in [0.717, 1.165) is 0 Å². The minimum Gasteiger partial charge on any atom is -0.508 e. The highest BCUT2D eigenvalue weighted by Crippen LogP contribution is 2.22. The molecule has 3 rings (SSSR count). The number of rotatable bonds is 54. The van der Waals surface area contributed by atoms with E-state index in [2.05, 4.69) is 73.5 Å². The molecule has 114 heavy (non-hydrogen) atoms. The third kappa shape index (κ3) is 37.6. The maximum atomic E-state index is 15.1. The number of benzene rings is 2. The maximum absolute atomic E-state index is 15.1. The number of carbonyl (C=O) groups excluding carboxylic acids is 12. The summed E-state index contributed by atoms with van der Waals surface area (Å²) in [5.74, 6) is -12.5. The first-order valence-electron chi connectivity index (χ1n) is 39.0. The summed E-state index contributed by atoms with van der Waals surface area (Å²) in [5, 5.41) is 48.8. The van der Waals surface area contributed by atoms with Crippen LogP contribution in [0.5, 0.6) is 5.75 Å². The molecule has 31 N–H and O–H groups in total. The normalized spacial score (nSPS) is 15.3. The predicted octanol–water partition coefficient (Wildman–Crippen LogP) is -4.27. The predicted molar refractivity (Wildman–Crippen MR) is 430 cm³/mol. The third-order valence-corrected chi connectivity index (χ3v) is 18.7. The molecule has 1 saturated heterocycles. The highest BCUT2D eigenvalue weighted by molar-refractivity contribution is 6.00. The number of hydrogen-bond donors (Lipinski definition) is 22. The number of likely N-dealkylation sites (tertiary alicyclic amines) is 1. The molecule has 2 aromatic rings. The lowest BCUT2D eigenvalue weighted by molar-refractivity contribution is -0.143. The average Bonchev–Trinajstić information content (AvgIpc) is 1.60. The van der Waals surface area contributed by atoms with E-state index >= 15 is 4.79 Å². The van der Waals surface area contributed by atoms with E-state index in [1.165, 1.54) is 17.0 Å². The van der Waals surface area contributed by atoms with Gasteiger partial charge >= 0.3 is 5.97 Å². The Bertz CT molecular complexity index is 3520. The fourth-order valence-corrected chi connectivity index (χ4v) is 12.4. The number of guanidine groups is 3. The van der Waals surface area contributed by atoms with Gasteiger partial charge < -0.3 is 125 Å². The molecule has 12 atom stereocenters. The second-order valence-corrected chi connectivity index (χ2v) is 29.3. The van der Waals surface area contributed by atoms with Crippen molar-refractivity contribution in [2.75, 3.05) is 52.4 Å². The lowest BCUT2D eigenvalue weighted by Gasteiger charge is -2.32. The van der Waals surface area contributed by atoms with Crippen LogP contribution >= 0.6 is 0 Å². The van der Waals surface area contributed by atoms with E-state index < -0.39 is 162 Å². The number of hydrogen-bond acceptors (Lipinski definition) is 20. The van der Waals surface area contributed by atoms with Crippen molar-refractivity contribution in [3.8, 4) is 5.75 Å². The zero-order valence-electron chi connectivity index (χ0n) is 66.6. The molecule has 39 nitrogen and oxygen atoms in total. The first-order valence-corrected chi connectivity index (χ1v) is 39.0. The molecule has 0 spiro atoms. The first-order chi connectivity index (χ1) is 54.1. The molecule has 1 aliphatic heterocycles. The average molecular weight is 1600 g/mol. The minimum atomic E-state index is -1.48. The van der Waals surface area contributed by atoms with Crippen LogP contribution in [-0.4, -0.2) is 229 Å². The van der Waals surface area contributed by atoms with E-state index in [1.807, 2.05) is 13.8 Å². The number of phenolic OH excluding ortho intramolecular Hbond substituents is 1. The number of nitrogens with one attached hydrogen (secondary N) is 11. The molecule has 0 saturated carbocycles. The Hall–Kier alpha value is -11.0. The summed E-state index contributed by atoms with van der Waals surface area (Å²) in [6.45, 7) is 10.00. The summed E-state index contributed by atoms with van der Waals surface area (Å²) in [6.07, 6.45) is 2.67. The van der Waals surface area contributed by atoms with Gasteiger partial charge in [-0.15, -0.1) is 0 Å². The summed E-state index contributed by atoms with van der Waals surface area (Å²) in [6, 6.07) is 0.244. The van der Waals surface area contributed by atoms with E-state index in [4.69, 9.17) is 51.6 Å². The second-order valence-electron chi connectivity index (χ2n) is 29.3. The van der Waals surface area contributed by atoms with E-state index in [1.54, 1.807) is 70.2 Å². The standard InChI is InChI=1S/C75H126N24O15/c1-7-45(6)61(70(111)94-53(25-17-35-87-75(83)84)71(112)99-36-18-26-58(99)69(110)93-50(21-11-13-31-76)64(105)96-56(38-44(4)5)67(108)95-54(72(113)114)22-12-14-32-77)98-65(106)52(24-16-34-86-74(81)82)91-63(104)51(23-15-33-85-73(79)80)92-66(107)55(37-43(2)3)97-68(109)57(40-46-19-9-8-10-20-46)90-60(102)42-88-59(101)41-89-62(103)49(78)39-47-27-29-48(100)30-28-47/h8-10,19-20,27-30,43-45,49-58,61,100H,7,11-18,21-26,31-42,76-78H2,1-6H3,(H,88,101)(H,89,103)(H,90,102)(H,91,104)(H,92,107)(H,93,110)(H,94,111)(H,95,108)(H,96,105)(H,97,109)(H,98,106)(H,113,114)(H4,79,80,85)(H4,81,82,86)(H4,83,84,87)/t45-,49-,50-,51+,52-,53-,54-,55-,56-,57-,58-,61-/m0/s1. The van der Waals surface area contributed by atoms with E-state index in [9.17, 15) is 67.7 Å². The Morgan fingerprint density at radius 2 is 0.886 bits per heavy atom. The van der Waals surface area contributed by atoms with Gasteiger partial charge in [-0.2, -0.15) is 0 Å². The van der Waals surface area contributed by atoms with Crippen LogP contribution in [0, 0.1) is 17.8 Å². The molecule has 12 amide bonds. The monoisotopic (exact) mass is 1600 g/mol. The van der Waals surface area contributed by atoms with Crippen molar-refractivity contribution in [2.24, 2.45) is 84.3 Å². The minimum absolute atomic E-state index is 0.00479. The quantitative estimate of drug-likeness (QED) is 0.0169. The van der Waals surface area contributed by atoms with Crippen molar-refractivity contribution >= 4 is 94.7 Å². The zero-order valence-corrected chi connectivity index (χ0v) is 66.6. The van der Waals surface area contributed by atoms with Crippen LogP contribution in [0.2, 0.25) is 0 Å². The Kier molecular flexibility index (Phi) is 44.7. The highest BCUT2D eigenvalue weighted by atomic mass is 16.4. The van der Waals surface area contributed by atoms with E-state index in [0.29, 0.717) is 49.8 Å². The van der Waals surface area contributed by atoms with Gasteiger partial charge in [0.1, 0.15) is 66.2 Å². The number of phenols is 1. The van der Waals surface area contributed by atoms with Gasteiger partial charge in [0.05, 0.1) is 19.1 Å². The fraction of sp³-hybridized carbons (Fsp3) is 0.627. The third-order valence-electron chi connectivity index (χ3n) is 18.7. The van der Waals surface area contributed by atoms with Gasteiger partial charge in [-0.1, -0.05) is 90.4 Å². The molecule has 1 heterocycles. The van der Waals surface area contributed by atoms with Crippen molar-refractivity contribution in [3.05, 3.63) is 65.7 Å². The van der Waals surface area contributed by atoms with E-state index in [-0.39, 0.29) is 158 Å². The zero-order chi connectivity index (χ0) is 85.0. The van der Waals surface area contributed by atoms with Crippen molar-refractivity contribution in [1.82, 2.24) is 63.4 Å². The van der Waals surface area contributed by atoms with Gasteiger partial charge in [-0.3, -0.25) is 72.5 Å². The lowest BCUT2D eigenvalue weighted by atomic mass is 9.96. The van der Waals surface area contributed by atoms with Crippen molar-refractivity contribution in [3.63, 3.8) is 0 Å². The summed E-state index contributed by atoms with van der Waals surface area (Å²) in [4.78, 5) is 196. The molecule has 636 valence electrons. The molecule has 1 aliphatic rings. The van der Waals surface area contributed by atoms with Crippen LogP contribution < -0.4 is 110 Å². The molecule has 1 fully saturated rings. The number of carboxylic acids is 1. The van der Waals surface area contributed by atoms with Crippen molar-refractivity contribution in [2.45, 2.75) is 230 Å². The molecule has 2 aromatic carbocycles. The maximum Gasteiger partial charge on any atom is 0.326 e. The van der Waals surface area contributed by atoms with Crippen LogP contribution in [-0.2, 0) is 75.2 Å². The SMILES string of the molecule is CC[C@H](C)[C@H](NC(=O)[C@H](CCCN=C(N)N)NC(=O)[C@@H](CCCN=C(N)N)NC(=O)[C@H](CC(C)C)NC(=O)[C@H](Cc1ccccc1)NC(=O)CNC(=O)CNC(=O)[C@@H](N)Cc1ccc(O)cc1)C(=O)N[C@@H](CCCN=C(N)N)C(=O)N1CCC[C@H]1C(=O)N[C@@H](CCCCN)C(=O)N[C@@H](CC(C)C)C(=O)N[C@@H](CCCCN)C(=O)O. The van der Waals surface area contributed by atoms with Gasteiger partial charge in [-0.05, 0) is 163 Å². The van der Waals surface area contributed by atoms with Crippen LogP contribution in [0.4, 0.5) is 0 Å². The number of aliphatic carboxylic acids is 1. The fourth-order valence-electron chi connectivity index (χ4n) is 12.4. The summed E-state index contributed by atoms with van der Waals surface area (Å²) in [7, 11) is 0. The topological polar surface area (TPSA) is 669 Å². The van der Waals surface area contributed by atoms with Crippen molar-refractivity contribution in [1.29, 1.82) is 0 Å². The van der Waals surface area contributed by atoms with Crippen LogP contribution in [0.1, 0.15) is 162 Å². The molecular weight excluding hydrogens is 1480 g/mol. The Balaban J connectivity index is 1.97. The van der Waals surface area contributed by atoms with Gasteiger partial charge in [0.25, 0.3) is 0 Å². The second kappa shape index (κ2) is 52.4. The number of aliphatic imine (C=N–C) groups is 3. The highest BCUT2D eigenvalue weighted by Gasteiger charge is 2.42. The largest absolute Gasteiger partial charge is 0.508 e. The van der Waals surface area contributed by atoms with Crippen molar-refractivity contribution < 1.29 is 72.5 Å². The Morgan fingerprint density at radius 1 is 0.465 bits per heavy atom. The summed E-state index contributed by atoms with van der Waals surface area (Å²) in [5.41, 5.74) is 52.6. The molecule has 0 radical (unpaired) electrons. The molecule has 0 bridgehead atoms. The molecule has 0 unspecified atom stereocenters. The van der Waals surface area contributed by atoms with Gasteiger partial charge in [-0.25, -0.2) is 4.79 Å². The van der Waals surface area contributed by atoms with Crippen LogP contribution in [0.3, 0.4) is 0 Å². The number of carbonyl (C=O) groups is 13. The summed E-state index contributed by atoms with van der Waals surface area (Å²) >= 11 is 0. The number of carboxylic acid groups (broad SMARTS) is 1. The van der Waals surface area contributed by atoms with Crippen LogP contribution in [0.25, 0.3) is 0 Å². The molecule has 0 aliphatic carbocycles. The van der Waals surface area contributed by atoms with Gasteiger partial charge in [0, 0.05) is 32.6 Å². The Morgan fingerprint density at radius 3 is 1.37 bits per heavy atom. The number of nitrogens with two attached hydrogens (primary N) is 9. The molecule has 0 aromatic heterocycles. The lowest BCUT2D eigenvalue weighted by Crippen LogP contribution is -2.61. The molecule has 39 heteroatoms. The number of amides is 12. The smallest absolute Gasteiger partial charge is 0.326 e. The number of unbranched alkanes of at least 4 members (excludes halogenated alkanes) is 2.